The minimum Gasteiger partial charge on any atom is -0.289 e. The zero-order valence-corrected chi connectivity index (χ0v) is 10.6. The molecule has 2 fully saturated rings. The highest BCUT2D eigenvalue weighted by molar-refractivity contribution is 6.13. The largest absolute Gasteiger partial charge is 0.289 e. The maximum Gasteiger partial charge on any atom is 0.184 e. The van der Waals surface area contributed by atoms with Crippen LogP contribution in [0, 0.1) is 0 Å². The molecule has 0 bridgehead atoms. The highest BCUT2D eigenvalue weighted by atomic mass is 16.1. The van der Waals surface area contributed by atoms with Crippen molar-refractivity contribution in [3.8, 4) is 0 Å². The molecular weight excluding hydrogens is 220 g/mol. The Balaban J connectivity index is 1.87. The molecule has 1 aromatic rings. The van der Waals surface area contributed by atoms with Crippen LogP contribution in [-0.2, 0) is 4.79 Å². The molecule has 0 unspecified atom stereocenters. The van der Waals surface area contributed by atoms with Gasteiger partial charge < -0.3 is 0 Å². The van der Waals surface area contributed by atoms with E-state index in [0.717, 1.165) is 42.4 Å². The standard InChI is InChI=1S/C17H18O/c18-17-15(12-13-6-2-1-3-7-13)10-11-16(17)14-8-4-5-9-14/h1-3,6-7,12H,4-5,8-11H2. The Morgan fingerprint density at radius 2 is 1.61 bits per heavy atom. The fraction of sp³-hybridized carbons (Fsp3) is 0.353. The van der Waals surface area contributed by atoms with Crippen LogP contribution in [0.15, 0.2) is 47.1 Å². The number of hydrogen-bond donors (Lipinski definition) is 0. The number of hydrogen-bond acceptors (Lipinski definition) is 1. The molecule has 0 aliphatic heterocycles. The minimum absolute atomic E-state index is 0.316. The second-order valence-corrected chi connectivity index (χ2v) is 5.20. The van der Waals surface area contributed by atoms with E-state index in [1.54, 1.807) is 0 Å². The van der Waals surface area contributed by atoms with Gasteiger partial charge in [-0.15, -0.1) is 0 Å². The highest BCUT2D eigenvalue weighted by Gasteiger charge is 2.26. The average molecular weight is 238 g/mol. The molecule has 0 amide bonds. The third-order valence-corrected chi connectivity index (χ3v) is 3.98. The fourth-order valence-corrected chi connectivity index (χ4v) is 3.01. The second kappa shape index (κ2) is 4.93. The smallest absolute Gasteiger partial charge is 0.184 e. The molecule has 0 spiro atoms. The molecule has 0 aromatic heterocycles. The van der Waals surface area contributed by atoms with Crippen molar-refractivity contribution < 1.29 is 4.79 Å². The number of carbonyl (C=O) groups is 1. The van der Waals surface area contributed by atoms with E-state index in [4.69, 9.17) is 0 Å². The molecule has 1 nitrogen and oxygen atoms in total. The van der Waals surface area contributed by atoms with E-state index in [9.17, 15) is 4.79 Å². The summed E-state index contributed by atoms with van der Waals surface area (Å²) in [6, 6.07) is 10.1. The van der Waals surface area contributed by atoms with Gasteiger partial charge in [-0.2, -0.15) is 0 Å². The lowest BCUT2D eigenvalue weighted by Crippen LogP contribution is -1.98. The predicted molar refractivity (Wildman–Crippen MR) is 74.2 cm³/mol. The maximum absolute atomic E-state index is 12.4. The lowest BCUT2D eigenvalue weighted by molar-refractivity contribution is -0.111. The van der Waals surface area contributed by atoms with E-state index < -0.39 is 0 Å². The SMILES string of the molecule is O=C1C(=Cc2ccccc2)CCC1=C1CCCC1. The molecule has 0 heterocycles. The quantitative estimate of drug-likeness (QED) is 0.666. The monoisotopic (exact) mass is 238 g/mol. The first-order chi connectivity index (χ1) is 8.84. The van der Waals surface area contributed by atoms with E-state index in [1.165, 1.54) is 18.4 Å². The molecule has 0 atom stereocenters. The summed E-state index contributed by atoms with van der Waals surface area (Å²) < 4.78 is 0. The minimum atomic E-state index is 0.316. The first-order valence-electron chi connectivity index (χ1n) is 6.86. The number of ketones is 1. The van der Waals surface area contributed by atoms with E-state index in [2.05, 4.69) is 18.2 Å². The van der Waals surface area contributed by atoms with Crippen LogP contribution >= 0.6 is 0 Å². The van der Waals surface area contributed by atoms with Gasteiger partial charge in [-0.1, -0.05) is 35.9 Å². The van der Waals surface area contributed by atoms with Gasteiger partial charge in [0.2, 0.25) is 0 Å². The van der Waals surface area contributed by atoms with Crippen LogP contribution < -0.4 is 0 Å². The molecule has 0 saturated heterocycles. The van der Waals surface area contributed by atoms with Crippen molar-refractivity contribution in [1.29, 1.82) is 0 Å². The van der Waals surface area contributed by atoms with Gasteiger partial charge >= 0.3 is 0 Å². The molecule has 0 radical (unpaired) electrons. The Morgan fingerprint density at radius 3 is 2.33 bits per heavy atom. The van der Waals surface area contributed by atoms with Crippen molar-refractivity contribution in [2.45, 2.75) is 38.5 Å². The molecule has 0 N–H and O–H groups in total. The van der Waals surface area contributed by atoms with E-state index in [0.29, 0.717) is 5.78 Å². The maximum atomic E-state index is 12.4. The Labute approximate surface area is 108 Å². The summed E-state index contributed by atoms with van der Waals surface area (Å²) in [7, 11) is 0. The average Bonchev–Trinajstić information content (AvgIpc) is 3.02. The van der Waals surface area contributed by atoms with Crippen LogP contribution in [0.3, 0.4) is 0 Å². The van der Waals surface area contributed by atoms with E-state index >= 15 is 0 Å². The van der Waals surface area contributed by atoms with E-state index in [-0.39, 0.29) is 0 Å². The summed E-state index contributed by atoms with van der Waals surface area (Å²) >= 11 is 0. The first-order valence-corrected chi connectivity index (χ1v) is 6.86. The van der Waals surface area contributed by atoms with Crippen LogP contribution in [0.5, 0.6) is 0 Å². The highest BCUT2D eigenvalue weighted by Crippen LogP contribution is 2.36. The van der Waals surface area contributed by atoms with Gasteiger partial charge in [-0.05, 0) is 55.7 Å². The normalized spacial score (nSPS) is 22.2. The molecule has 18 heavy (non-hydrogen) atoms. The third kappa shape index (κ3) is 2.17. The molecule has 1 aromatic carbocycles. The lowest BCUT2D eigenvalue weighted by atomic mass is 10.0. The van der Waals surface area contributed by atoms with Gasteiger partial charge in [0.25, 0.3) is 0 Å². The Morgan fingerprint density at radius 1 is 0.889 bits per heavy atom. The molecule has 2 saturated carbocycles. The van der Waals surface area contributed by atoms with Crippen LogP contribution in [-0.4, -0.2) is 5.78 Å². The summed E-state index contributed by atoms with van der Waals surface area (Å²) in [5.41, 5.74) is 4.71. The zero-order valence-electron chi connectivity index (χ0n) is 10.6. The van der Waals surface area contributed by atoms with Crippen molar-refractivity contribution >= 4 is 11.9 Å². The van der Waals surface area contributed by atoms with Gasteiger partial charge in [0.05, 0.1) is 0 Å². The molecule has 1 heteroatoms. The van der Waals surface area contributed by atoms with Crippen LogP contribution in [0.25, 0.3) is 6.08 Å². The van der Waals surface area contributed by atoms with Crippen LogP contribution in [0.1, 0.15) is 44.1 Å². The Hall–Kier alpha value is -1.63. The summed E-state index contributed by atoms with van der Waals surface area (Å²) in [5.74, 6) is 0.316. The Bertz CT molecular complexity index is 512. The fourth-order valence-electron chi connectivity index (χ4n) is 3.01. The van der Waals surface area contributed by atoms with Crippen LogP contribution in [0.4, 0.5) is 0 Å². The molecule has 3 rings (SSSR count). The number of benzene rings is 1. The number of carbonyl (C=O) groups excluding carboxylic acids is 1. The summed E-state index contributed by atoms with van der Waals surface area (Å²) in [6.07, 6.45) is 8.79. The molecule has 2 aliphatic rings. The number of Topliss-reactive ketones (excluding diaryl/α,β-unsaturated/α-hetero) is 1. The molecule has 2 aliphatic carbocycles. The zero-order chi connectivity index (χ0) is 12.4. The molecular formula is C17H18O. The number of allylic oxidation sites excluding steroid dienone is 3. The Kier molecular flexibility index (Phi) is 3.14. The van der Waals surface area contributed by atoms with Crippen molar-refractivity contribution in [3.63, 3.8) is 0 Å². The van der Waals surface area contributed by atoms with Gasteiger partial charge in [0.15, 0.2) is 5.78 Å². The van der Waals surface area contributed by atoms with Crippen molar-refractivity contribution in [2.24, 2.45) is 0 Å². The first kappa shape index (κ1) is 11.5. The summed E-state index contributed by atoms with van der Waals surface area (Å²) in [4.78, 5) is 12.4. The van der Waals surface area contributed by atoms with Gasteiger partial charge in [-0.3, -0.25) is 4.79 Å². The van der Waals surface area contributed by atoms with Gasteiger partial charge in [0.1, 0.15) is 0 Å². The van der Waals surface area contributed by atoms with Gasteiger partial charge in [-0.25, -0.2) is 0 Å². The van der Waals surface area contributed by atoms with Crippen molar-refractivity contribution in [1.82, 2.24) is 0 Å². The van der Waals surface area contributed by atoms with E-state index in [1.807, 2.05) is 18.2 Å². The summed E-state index contributed by atoms with van der Waals surface area (Å²) in [6.45, 7) is 0. The van der Waals surface area contributed by atoms with Crippen molar-refractivity contribution in [3.05, 3.63) is 52.6 Å². The predicted octanol–water partition coefficient (Wildman–Crippen LogP) is 4.30. The lowest BCUT2D eigenvalue weighted by Gasteiger charge is -2.01. The third-order valence-electron chi connectivity index (χ3n) is 3.98. The number of rotatable bonds is 1. The second-order valence-electron chi connectivity index (χ2n) is 5.20. The van der Waals surface area contributed by atoms with Gasteiger partial charge in [0, 0.05) is 5.57 Å². The van der Waals surface area contributed by atoms with Crippen molar-refractivity contribution in [2.75, 3.05) is 0 Å². The molecule has 92 valence electrons. The summed E-state index contributed by atoms with van der Waals surface area (Å²) in [5, 5.41) is 0. The van der Waals surface area contributed by atoms with Crippen LogP contribution in [0.2, 0.25) is 0 Å². The topological polar surface area (TPSA) is 17.1 Å².